The molecule has 0 fully saturated rings. The SMILES string of the molecule is CCCCOc1cc(O)c2c(c1)C(C)(C)CC2(C)c1cccc(O)c1. The van der Waals surface area contributed by atoms with Crippen molar-refractivity contribution < 1.29 is 14.9 Å². The van der Waals surface area contributed by atoms with Gasteiger partial charge < -0.3 is 14.9 Å². The summed E-state index contributed by atoms with van der Waals surface area (Å²) in [6, 6.07) is 11.2. The van der Waals surface area contributed by atoms with Gasteiger partial charge in [-0.05, 0) is 47.6 Å². The molecular weight excluding hydrogens is 312 g/mol. The topological polar surface area (TPSA) is 49.7 Å². The Hall–Kier alpha value is -2.16. The number of fused-ring (bicyclic) bond motifs is 1. The van der Waals surface area contributed by atoms with E-state index in [-0.39, 0.29) is 22.3 Å². The predicted octanol–water partition coefficient (Wildman–Crippen LogP) is 5.26. The lowest BCUT2D eigenvalue weighted by Crippen LogP contribution is -2.23. The molecule has 1 aliphatic rings. The van der Waals surface area contributed by atoms with Crippen molar-refractivity contribution in [2.45, 2.75) is 57.8 Å². The van der Waals surface area contributed by atoms with E-state index in [9.17, 15) is 10.2 Å². The standard InChI is InChI=1S/C22H28O3/c1-5-6-10-25-17-12-18-20(19(24)13-17)22(4,14-21(18,2)3)15-8-7-9-16(23)11-15/h7-9,11-13,23-24H,5-6,10,14H2,1-4H3. The van der Waals surface area contributed by atoms with Crippen LogP contribution in [-0.4, -0.2) is 16.8 Å². The molecule has 25 heavy (non-hydrogen) atoms. The minimum atomic E-state index is -0.344. The lowest BCUT2D eigenvalue weighted by Gasteiger charge is -2.28. The molecule has 1 atom stereocenters. The first-order valence-electron chi connectivity index (χ1n) is 9.08. The van der Waals surface area contributed by atoms with Crippen molar-refractivity contribution in [2.75, 3.05) is 6.61 Å². The maximum atomic E-state index is 10.8. The number of phenols is 2. The zero-order valence-corrected chi connectivity index (χ0v) is 15.6. The van der Waals surface area contributed by atoms with Gasteiger partial charge in [0.2, 0.25) is 0 Å². The van der Waals surface area contributed by atoms with E-state index in [0.717, 1.165) is 41.7 Å². The van der Waals surface area contributed by atoms with Crippen molar-refractivity contribution in [1.29, 1.82) is 0 Å². The number of phenolic OH excluding ortho intramolecular Hbond substituents is 2. The number of hydrogen-bond acceptors (Lipinski definition) is 3. The van der Waals surface area contributed by atoms with Crippen molar-refractivity contribution in [3.8, 4) is 17.2 Å². The number of benzene rings is 2. The highest BCUT2D eigenvalue weighted by molar-refractivity contribution is 5.60. The molecule has 0 aliphatic heterocycles. The minimum absolute atomic E-state index is 0.0862. The summed E-state index contributed by atoms with van der Waals surface area (Å²) in [6.45, 7) is 9.35. The van der Waals surface area contributed by atoms with E-state index in [4.69, 9.17) is 4.74 Å². The Labute approximate surface area is 150 Å². The number of unbranched alkanes of at least 4 members (excludes halogenated alkanes) is 1. The summed E-state index contributed by atoms with van der Waals surface area (Å²) in [7, 11) is 0. The quantitative estimate of drug-likeness (QED) is 0.730. The third-order valence-electron chi connectivity index (χ3n) is 5.42. The van der Waals surface area contributed by atoms with Gasteiger partial charge in [0.05, 0.1) is 6.61 Å². The third kappa shape index (κ3) is 3.08. The Kier molecular flexibility index (Phi) is 4.44. The second kappa shape index (κ2) is 6.29. The number of hydrogen-bond donors (Lipinski definition) is 2. The van der Waals surface area contributed by atoms with Gasteiger partial charge in [0.1, 0.15) is 17.2 Å². The van der Waals surface area contributed by atoms with Crippen LogP contribution in [0.5, 0.6) is 17.2 Å². The van der Waals surface area contributed by atoms with Crippen molar-refractivity contribution in [3.05, 3.63) is 53.1 Å². The third-order valence-corrected chi connectivity index (χ3v) is 5.42. The molecule has 0 heterocycles. The smallest absolute Gasteiger partial charge is 0.123 e. The molecule has 0 aromatic heterocycles. The Morgan fingerprint density at radius 1 is 1.08 bits per heavy atom. The van der Waals surface area contributed by atoms with Crippen LogP contribution >= 0.6 is 0 Å². The molecule has 2 aromatic carbocycles. The van der Waals surface area contributed by atoms with Crippen LogP contribution in [0.25, 0.3) is 0 Å². The predicted molar refractivity (Wildman–Crippen MR) is 101 cm³/mol. The van der Waals surface area contributed by atoms with E-state index in [1.165, 1.54) is 0 Å². The molecule has 3 heteroatoms. The molecular formula is C22H28O3. The summed E-state index contributed by atoms with van der Waals surface area (Å²) >= 11 is 0. The van der Waals surface area contributed by atoms with Crippen molar-refractivity contribution in [2.24, 2.45) is 0 Å². The normalized spacial score (nSPS) is 21.1. The van der Waals surface area contributed by atoms with Gasteiger partial charge in [-0.1, -0.05) is 46.2 Å². The number of aromatic hydroxyl groups is 2. The summed E-state index contributed by atoms with van der Waals surface area (Å²) in [5.41, 5.74) is 2.67. The maximum Gasteiger partial charge on any atom is 0.123 e. The van der Waals surface area contributed by atoms with Crippen LogP contribution < -0.4 is 4.74 Å². The van der Waals surface area contributed by atoms with Crippen molar-refractivity contribution >= 4 is 0 Å². The zero-order chi connectivity index (χ0) is 18.2. The van der Waals surface area contributed by atoms with Crippen LogP contribution in [0.3, 0.4) is 0 Å². The van der Waals surface area contributed by atoms with Gasteiger partial charge >= 0.3 is 0 Å². The molecule has 0 amide bonds. The average molecular weight is 340 g/mol. The van der Waals surface area contributed by atoms with E-state index in [2.05, 4.69) is 33.8 Å². The molecule has 0 bridgehead atoms. The molecule has 0 radical (unpaired) electrons. The highest BCUT2D eigenvalue weighted by atomic mass is 16.5. The van der Waals surface area contributed by atoms with E-state index in [0.29, 0.717) is 6.61 Å². The summed E-state index contributed by atoms with van der Waals surface area (Å²) in [4.78, 5) is 0. The van der Waals surface area contributed by atoms with E-state index in [1.54, 1.807) is 18.2 Å². The molecule has 1 unspecified atom stereocenters. The second-order valence-electron chi connectivity index (χ2n) is 8.01. The van der Waals surface area contributed by atoms with Crippen LogP contribution in [0, 0.1) is 0 Å². The van der Waals surface area contributed by atoms with Gasteiger partial charge in [-0.3, -0.25) is 0 Å². The van der Waals surface area contributed by atoms with Crippen LogP contribution in [-0.2, 0) is 10.8 Å². The lowest BCUT2D eigenvalue weighted by atomic mass is 9.75. The van der Waals surface area contributed by atoms with Crippen molar-refractivity contribution in [1.82, 2.24) is 0 Å². The van der Waals surface area contributed by atoms with Gasteiger partial charge in [-0.2, -0.15) is 0 Å². The first-order chi connectivity index (χ1) is 11.8. The van der Waals surface area contributed by atoms with E-state index in [1.807, 2.05) is 12.1 Å². The molecule has 134 valence electrons. The van der Waals surface area contributed by atoms with Gasteiger partial charge in [0.25, 0.3) is 0 Å². The molecule has 1 aliphatic carbocycles. The molecule has 0 saturated carbocycles. The highest BCUT2D eigenvalue weighted by Gasteiger charge is 2.48. The fourth-order valence-electron chi connectivity index (χ4n) is 4.30. The lowest BCUT2D eigenvalue weighted by molar-refractivity contribution is 0.306. The van der Waals surface area contributed by atoms with Crippen LogP contribution in [0.2, 0.25) is 0 Å². The van der Waals surface area contributed by atoms with Gasteiger partial charge in [-0.25, -0.2) is 0 Å². The fraction of sp³-hybridized carbons (Fsp3) is 0.455. The summed E-state index contributed by atoms with van der Waals surface area (Å²) in [5, 5.41) is 20.7. The minimum Gasteiger partial charge on any atom is -0.508 e. The van der Waals surface area contributed by atoms with E-state index < -0.39 is 0 Å². The fourth-order valence-corrected chi connectivity index (χ4v) is 4.30. The van der Waals surface area contributed by atoms with Gasteiger partial charge in [-0.15, -0.1) is 0 Å². The largest absolute Gasteiger partial charge is 0.508 e. The summed E-state index contributed by atoms with van der Waals surface area (Å²) < 4.78 is 5.84. The molecule has 2 aromatic rings. The highest BCUT2D eigenvalue weighted by Crippen LogP contribution is 2.56. The maximum absolute atomic E-state index is 10.8. The Balaban J connectivity index is 2.09. The zero-order valence-electron chi connectivity index (χ0n) is 15.6. The summed E-state index contributed by atoms with van der Waals surface area (Å²) in [5.74, 6) is 1.27. The number of rotatable bonds is 5. The molecule has 0 spiro atoms. The van der Waals surface area contributed by atoms with Crippen LogP contribution in [0.1, 0.15) is 63.6 Å². The first kappa shape index (κ1) is 17.7. The molecule has 3 nitrogen and oxygen atoms in total. The Bertz CT molecular complexity index is 779. The first-order valence-corrected chi connectivity index (χ1v) is 9.08. The van der Waals surface area contributed by atoms with Crippen LogP contribution in [0.4, 0.5) is 0 Å². The van der Waals surface area contributed by atoms with Crippen LogP contribution in [0.15, 0.2) is 36.4 Å². The van der Waals surface area contributed by atoms with Crippen molar-refractivity contribution in [3.63, 3.8) is 0 Å². The number of ether oxygens (including phenoxy) is 1. The second-order valence-corrected chi connectivity index (χ2v) is 8.01. The average Bonchev–Trinajstić information content (AvgIpc) is 2.75. The Morgan fingerprint density at radius 2 is 1.84 bits per heavy atom. The van der Waals surface area contributed by atoms with Gasteiger partial charge in [0, 0.05) is 17.0 Å². The summed E-state index contributed by atoms with van der Waals surface area (Å²) in [6.07, 6.45) is 2.95. The molecule has 3 rings (SSSR count). The Morgan fingerprint density at radius 3 is 2.52 bits per heavy atom. The molecule has 0 saturated heterocycles. The molecule has 2 N–H and O–H groups in total. The van der Waals surface area contributed by atoms with Gasteiger partial charge in [0.15, 0.2) is 0 Å². The monoisotopic (exact) mass is 340 g/mol. The van der Waals surface area contributed by atoms with E-state index >= 15 is 0 Å².